The molecule has 0 aromatic heterocycles. The molecule has 16 heavy (non-hydrogen) atoms. The maximum Gasteiger partial charge on any atom is 0.124 e. The lowest BCUT2D eigenvalue weighted by atomic mass is 9.85. The van der Waals surface area contributed by atoms with Crippen LogP contribution < -0.4 is 10.5 Å². The molecule has 1 aliphatic carbocycles. The van der Waals surface area contributed by atoms with Gasteiger partial charge >= 0.3 is 0 Å². The first-order chi connectivity index (χ1) is 7.58. The highest BCUT2D eigenvalue weighted by Gasteiger charge is 2.35. The van der Waals surface area contributed by atoms with Crippen LogP contribution in [0, 0.1) is 6.92 Å². The number of halogens is 1. The SMILES string of the molecule is COc1ccc(Br)c(C)c1C1(N)CCCC1. The largest absolute Gasteiger partial charge is 0.496 e. The van der Waals surface area contributed by atoms with Crippen LogP contribution in [0.2, 0.25) is 0 Å². The monoisotopic (exact) mass is 283 g/mol. The second-order valence-electron chi connectivity index (χ2n) is 4.61. The van der Waals surface area contributed by atoms with Gasteiger partial charge in [0.25, 0.3) is 0 Å². The molecule has 1 aliphatic rings. The lowest BCUT2D eigenvalue weighted by Gasteiger charge is -2.28. The summed E-state index contributed by atoms with van der Waals surface area (Å²) in [6.45, 7) is 2.11. The standard InChI is InChI=1S/C13H18BrNO/c1-9-10(14)5-6-11(16-2)12(9)13(15)7-3-4-8-13/h5-6H,3-4,7-8,15H2,1-2H3. The molecular weight excluding hydrogens is 266 g/mol. The van der Waals surface area contributed by atoms with Gasteiger partial charge in [-0.05, 0) is 37.5 Å². The molecule has 0 atom stereocenters. The van der Waals surface area contributed by atoms with Gasteiger partial charge in [-0.1, -0.05) is 28.8 Å². The van der Waals surface area contributed by atoms with Crippen molar-refractivity contribution in [3.63, 3.8) is 0 Å². The van der Waals surface area contributed by atoms with E-state index < -0.39 is 0 Å². The molecule has 2 nitrogen and oxygen atoms in total. The molecular formula is C13H18BrNO. The molecule has 0 bridgehead atoms. The Morgan fingerprint density at radius 1 is 1.31 bits per heavy atom. The Balaban J connectivity index is 2.56. The summed E-state index contributed by atoms with van der Waals surface area (Å²) in [4.78, 5) is 0. The first-order valence-electron chi connectivity index (χ1n) is 5.71. The Labute approximate surface area is 105 Å². The fraction of sp³-hybridized carbons (Fsp3) is 0.538. The predicted molar refractivity (Wildman–Crippen MR) is 69.8 cm³/mol. The molecule has 1 saturated carbocycles. The molecule has 1 aromatic carbocycles. The second-order valence-corrected chi connectivity index (χ2v) is 5.47. The average Bonchev–Trinajstić information content (AvgIpc) is 2.69. The molecule has 1 aromatic rings. The molecule has 88 valence electrons. The maximum absolute atomic E-state index is 6.53. The van der Waals surface area contributed by atoms with E-state index in [1.165, 1.54) is 24.0 Å². The fourth-order valence-electron chi connectivity index (χ4n) is 2.71. The van der Waals surface area contributed by atoms with Crippen molar-refractivity contribution in [3.8, 4) is 5.75 Å². The van der Waals surface area contributed by atoms with Crippen molar-refractivity contribution in [1.29, 1.82) is 0 Å². The highest BCUT2D eigenvalue weighted by Crippen LogP contribution is 2.43. The van der Waals surface area contributed by atoms with Gasteiger partial charge in [0.1, 0.15) is 5.75 Å². The van der Waals surface area contributed by atoms with Crippen LogP contribution in [0.3, 0.4) is 0 Å². The van der Waals surface area contributed by atoms with E-state index in [2.05, 4.69) is 22.9 Å². The topological polar surface area (TPSA) is 35.2 Å². The van der Waals surface area contributed by atoms with Gasteiger partial charge in [-0.3, -0.25) is 0 Å². The summed E-state index contributed by atoms with van der Waals surface area (Å²) in [7, 11) is 1.71. The lowest BCUT2D eigenvalue weighted by molar-refractivity contribution is 0.377. The van der Waals surface area contributed by atoms with E-state index in [1.54, 1.807) is 7.11 Å². The summed E-state index contributed by atoms with van der Waals surface area (Å²) in [6, 6.07) is 4.02. The quantitative estimate of drug-likeness (QED) is 0.902. The van der Waals surface area contributed by atoms with E-state index in [-0.39, 0.29) is 5.54 Å². The minimum Gasteiger partial charge on any atom is -0.496 e. The van der Waals surface area contributed by atoms with Crippen LogP contribution in [0.25, 0.3) is 0 Å². The lowest BCUT2D eigenvalue weighted by Crippen LogP contribution is -2.34. The first-order valence-corrected chi connectivity index (χ1v) is 6.50. The molecule has 0 aliphatic heterocycles. The predicted octanol–water partition coefficient (Wildman–Crippen LogP) is 3.49. The van der Waals surface area contributed by atoms with Gasteiger partial charge in [-0.2, -0.15) is 0 Å². The molecule has 0 amide bonds. The van der Waals surface area contributed by atoms with Crippen LogP contribution >= 0.6 is 15.9 Å². The highest BCUT2D eigenvalue weighted by atomic mass is 79.9. The molecule has 0 saturated heterocycles. The Morgan fingerprint density at radius 3 is 2.50 bits per heavy atom. The number of ether oxygens (including phenoxy) is 1. The van der Waals surface area contributed by atoms with Crippen molar-refractivity contribution in [2.24, 2.45) is 5.73 Å². The summed E-state index contributed by atoms with van der Waals surface area (Å²) in [6.07, 6.45) is 4.54. The van der Waals surface area contributed by atoms with Crippen molar-refractivity contribution in [2.45, 2.75) is 38.1 Å². The number of methoxy groups -OCH3 is 1. The van der Waals surface area contributed by atoms with Crippen molar-refractivity contribution in [3.05, 3.63) is 27.7 Å². The number of hydrogen-bond acceptors (Lipinski definition) is 2. The Bertz CT molecular complexity index is 397. The number of hydrogen-bond donors (Lipinski definition) is 1. The second kappa shape index (κ2) is 4.38. The summed E-state index contributed by atoms with van der Waals surface area (Å²) in [5.41, 5.74) is 8.72. The Morgan fingerprint density at radius 2 is 1.94 bits per heavy atom. The summed E-state index contributed by atoms with van der Waals surface area (Å²) < 4.78 is 6.57. The van der Waals surface area contributed by atoms with E-state index in [9.17, 15) is 0 Å². The molecule has 0 heterocycles. The van der Waals surface area contributed by atoms with Gasteiger partial charge in [-0.25, -0.2) is 0 Å². The van der Waals surface area contributed by atoms with Crippen molar-refractivity contribution < 1.29 is 4.74 Å². The average molecular weight is 284 g/mol. The highest BCUT2D eigenvalue weighted by molar-refractivity contribution is 9.10. The summed E-state index contributed by atoms with van der Waals surface area (Å²) >= 11 is 3.57. The minimum absolute atomic E-state index is 0.195. The smallest absolute Gasteiger partial charge is 0.124 e. The van der Waals surface area contributed by atoms with Gasteiger partial charge in [0.2, 0.25) is 0 Å². The zero-order valence-electron chi connectivity index (χ0n) is 9.85. The van der Waals surface area contributed by atoms with Crippen LogP contribution in [0.5, 0.6) is 5.75 Å². The van der Waals surface area contributed by atoms with Crippen molar-refractivity contribution in [2.75, 3.05) is 7.11 Å². The third-order valence-corrected chi connectivity index (χ3v) is 4.43. The molecule has 3 heteroatoms. The first kappa shape index (κ1) is 11.9. The van der Waals surface area contributed by atoms with Crippen LogP contribution in [-0.2, 0) is 5.54 Å². The Hall–Kier alpha value is -0.540. The zero-order valence-corrected chi connectivity index (χ0v) is 11.4. The van der Waals surface area contributed by atoms with E-state index in [0.29, 0.717) is 0 Å². The van der Waals surface area contributed by atoms with Crippen LogP contribution in [0.1, 0.15) is 36.8 Å². The minimum atomic E-state index is -0.195. The van der Waals surface area contributed by atoms with E-state index in [4.69, 9.17) is 10.5 Å². The third kappa shape index (κ3) is 1.87. The fourth-order valence-corrected chi connectivity index (χ4v) is 3.04. The third-order valence-electron chi connectivity index (χ3n) is 3.57. The number of rotatable bonds is 2. The van der Waals surface area contributed by atoms with Crippen LogP contribution in [-0.4, -0.2) is 7.11 Å². The van der Waals surface area contributed by atoms with Crippen molar-refractivity contribution in [1.82, 2.24) is 0 Å². The van der Waals surface area contributed by atoms with Gasteiger partial charge in [0.15, 0.2) is 0 Å². The summed E-state index contributed by atoms with van der Waals surface area (Å²) in [5.74, 6) is 0.921. The van der Waals surface area contributed by atoms with Gasteiger partial charge < -0.3 is 10.5 Å². The normalized spacial score (nSPS) is 18.8. The van der Waals surface area contributed by atoms with E-state index >= 15 is 0 Å². The van der Waals surface area contributed by atoms with Gasteiger partial charge in [-0.15, -0.1) is 0 Å². The van der Waals surface area contributed by atoms with Gasteiger partial charge in [0, 0.05) is 15.6 Å². The van der Waals surface area contributed by atoms with Crippen LogP contribution in [0.15, 0.2) is 16.6 Å². The molecule has 2 N–H and O–H groups in total. The molecule has 0 spiro atoms. The van der Waals surface area contributed by atoms with Crippen molar-refractivity contribution >= 4 is 15.9 Å². The number of nitrogens with two attached hydrogens (primary N) is 1. The number of benzene rings is 1. The van der Waals surface area contributed by atoms with E-state index in [1.807, 2.05) is 12.1 Å². The van der Waals surface area contributed by atoms with E-state index in [0.717, 1.165) is 23.1 Å². The maximum atomic E-state index is 6.53. The zero-order chi connectivity index (χ0) is 11.8. The summed E-state index contributed by atoms with van der Waals surface area (Å²) in [5, 5.41) is 0. The Kier molecular flexibility index (Phi) is 3.27. The molecule has 1 fully saturated rings. The molecule has 0 unspecified atom stereocenters. The van der Waals surface area contributed by atoms with Gasteiger partial charge in [0.05, 0.1) is 7.11 Å². The molecule has 2 rings (SSSR count). The van der Waals surface area contributed by atoms with Crippen LogP contribution in [0.4, 0.5) is 0 Å². The molecule has 0 radical (unpaired) electrons.